The second kappa shape index (κ2) is 7.26. The summed E-state index contributed by atoms with van der Waals surface area (Å²) in [5.41, 5.74) is 1.18. The van der Waals surface area contributed by atoms with Crippen LogP contribution in [0.15, 0.2) is 40.1 Å². The third-order valence-corrected chi connectivity index (χ3v) is 7.51. The summed E-state index contributed by atoms with van der Waals surface area (Å²) >= 11 is 1.66. The second-order valence-corrected chi connectivity index (χ2v) is 9.58. The van der Waals surface area contributed by atoms with Crippen molar-refractivity contribution in [2.24, 2.45) is 0 Å². The maximum absolute atomic E-state index is 12.6. The number of nitrogens with zero attached hydrogens (tertiary/aromatic N) is 3. The number of rotatable bonds is 4. The van der Waals surface area contributed by atoms with Crippen LogP contribution in [0.1, 0.15) is 31.4 Å². The van der Waals surface area contributed by atoms with Gasteiger partial charge in [-0.3, -0.25) is 0 Å². The first kappa shape index (κ1) is 17.9. The highest BCUT2D eigenvalue weighted by molar-refractivity contribution is 7.89. The standard InChI is InChI=1S/C18H23N3O3S2/c1-14-11-20(12-17(24-14)15-6-9-25-13-15)18-5-4-16(10-19-18)26(22,23)21-7-2-3-8-21/h4-6,9-10,13-14,17H,2-3,7-8,11-12H2,1H3. The Labute approximate surface area is 158 Å². The molecular formula is C18H23N3O3S2. The van der Waals surface area contributed by atoms with E-state index in [1.54, 1.807) is 21.7 Å². The Morgan fingerprint density at radius 1 is 1.19 bits per heavy atom. The lowest BCUT2D eigenvalue weighted by molar-refractivity contribution is -0.0174. The van der Waals surface area contributed by atoms with Crippen molar-refractivity contribution in [2.75, 3.05) is 31.1 Å². The number of ether oxygens (including phenoxy) is 1. The molecule has 2 unspecified atom stereocenters. The molecule has 8 heteroatoms. The molecule has 0 amide bonds. The van der Waals surface area contributed by atoms with Crippen LogP contribution in [-0.2, 0) is 14.8 Å². The van der Waals surface area contributed by atoms with E-state index in [0.29, 0.717) is 19.6 Å². The zero-order chi connectivity index (χ0) is 18.1. The maximum Gasteiger partial charge on any atom is 0.244 e. The van der Waals surface area contributed by atoms with E-state index in [1.807, 2.05) is 6.07 Å². The lowest BCUT2D eigenvalue weighted by Crippen LogP contribution is -2.43. The zero-order valence-corrected chi connectivity index (χ0v) is 16.4. The molecule has 0 bridgehead atoms. The summed E-state index contributed by atoms with van der Waals surface area (Å²) in [5.74, 6) is 0.792. The van der Waals surface area contributed by atoms with Gasteiger partial charge in [0.1, 0.15) is 16.8 Å². The van der Waals surface area contributed by atoms with Crippen molar-refractivity contribution in [3.05, 3.63) is 40.7 Å². The average molecular weight is 394 g/mol. The van der Waals surface area contributed by atoms with Gasteiger partial charge in [0.05, 0.1) is 6.10 Å². The SMILES string of the molecule is CC1CN(c2ccc(S(=O)(=O)N3CCCC3)cn2)CC(c2ccsc2)O1. The van der Waals surface area contributed by atoms with Gasteiger partial charge in [-0.15, -0.1) is 0 Å². The first-order valence-corrected chi connectivity index (χ1v) is 11.3. The monoisotopic (exact) mass is 393 g/mol. The van der Waals surface area contributed by atoms with Gasteiger partial charge in [0, 0.05) is 32.4 Å². The van der Waals surface area contributed by atoms with Gasteiger partial charge in [-0.05, 0) is 54.3 Å². The first-order chi connectivity index (χ1) is 12.5. The van der Waals surface area contributed by atoms with Crippen LogP contribution < -0.4 is 4.90 Å². The number of aromatic nitrogens is 1. The number of sulfonamides is 1. The second-order valence-electron chi connectivity index (χ2n) is 6.86. The van der Waals surface area contributed by atoms with Crippen LogP contribution in [0, 0.1) is 0 Å². The molecule has 2 aliphatic heterocycles. The van der Waals surface area contributed by atoms with E-state index in [4.69, 9.17) is 4.74 Å². The van der Waals surface area contributed by atoms with E-state index in [0.717, 1.165) is 25.2 Å². The molecule has 2 saturated heterocycles. The zero-order valence-electron chi connectivity index (χ0n) is 14.7. The molecular weight excluding hydrogens is 370 g/mol. The molecule has 0 spiro atoms. The third-order valence-electron chi connectivity index (χ3n) is 4.92. The molecule has 26 heavy (non-hydrogen) atoms. The van der Waals surface area contributed by atoms with Gasteiger partial charge in [0.25, 0.3) is 0 Å². The summed E-state index contributed by atoms with van der Waals surface area (Å²) < 4.78 is 32.9. The molecule has 2 atom stereocenters. The van der Waals surface area contributed by atoms with Crippen LogP contribution in [0.5, 0.6) is 0 Å². The molecule has 0 radical (unpaired) electrons. The van der Waals surface area contributed by atoms with Crippen LogP contribution in [0.25, 0.3) is 0 Å². The van der Waals surface area contributed by atoms with Crippen molar-refractivity contribution in [3.8, 4) is 0 Å². The molecule has 2 aliphatic rings. The van der Waals surface area contributed by atoms with E-state index in [-0.39, 0.29) is 17.1 Å². The predicted octanol–water partition coefficient (Wildman–Crippen LogP) is 2.89. The Kier molecular flexibility index (Phi) is 5.00. The van der Waals surface area contributed by atoms with E-state index < -0.39 is 10.0 Å². The average Bonchev–Trinajstić information content (AvgIpc) is 3.35. The minimum absolute atomic E-state index is 0.0137. The first-order valence-electron chi connectivity index (χ1n) is 8.93. The Morgan fingerprint density at radius 2 is 2.00 bits per heavy atom. The van der Waals surface area contributed by atoms with Crippen molar-refractivity contribution < 1.29 is 13.2 Å². The number of thiophene rings is 1. The molecule has 0 saturated carbocycles. The summed E-state index contributed by atoms with van der Waals surface area (Å²) in [6.07, 6.45) is 3.45. The molecule has 0 aromatic carbocycles. The molecule has 2 fully saturated rings. The summed E-state index contributed by atoms with van der Waals surface area (Å²) in [7, 11) is -3.41. The van der Waals surface area contributed by atoms with Crippen LogP contribution in [0.4, 0.5) is 5.82 Å². The topological polar surface area (TPSA) is 62.7 Å². The fourth-order valence-corrected chi connectivity index (χ4v) is 5.74. The number of pyridine rings is 1. The van der Waals surface area contributed by atoms with Gasteiger partial charge in [-0.25, -0.2) is 13.4 Å². The number of anilines is 1. The third kappa shape index (κ3) is 3.51. The lowest BCUT2D eigenvalue weighted by atomic mass is 10.1. The summed E-state index contributed by atoms with van der Waals surface area (Å²) in [5, 5.41) is 4.17. The highest BCUT2D eigenvalue weighted by Gasteiger charge is 2.29. The minimum atomic E-state index is -3.41. The minimum Gasteiger partial charge on any atom is -0.367 e. The van der Waals surface area contributed by atoms with Crippen molar-refractivity contribution in [2.45, 2.75) is 36.9 Å². The molecule has 140 valence electrons. The van der Waals surface area contributed by atoms with Gasteiger partial charge >= 0.3 is 0 Å². The molecule has 6 nitrogen and oxygen atoms in total. The highest BCUT2D eigenvalue weighted by Crippen LogP contribution is 2.29. The number of hydrogen-bond acceptors (Lipinski definition) is 6. The summed E-state index contributed by atoms with van der Waals surface area (Å²) in [6, 6.07) is 5.58. The van der Waals surface area contributed by atoms with Gasteiger partial charge in [-0.1, -0.05) is 0 Å². The van der Waals surface area contributed by atoms with Crippen molar-refractivity contribution in [1.82, 2.24) is 9.29 Å². The Bertz CT molecular complexity index is 831. The summed E-state index contributed by atoms with van der Waals surface area (Å²) in [4.78, 5) is 6.90. The van der Waals surface area contributed by atoms with E-state index >= 15 is 0 Å². The van der Waals surface area contributed by atoms with Crippen molar-refractivity contribution in [1.29, 1.82) is 0 Å². The van der Waals surface area contributed by atoms with E-state index in [1.165, 1.54) is 11.8 Å². The molecule has 0 N–H and O–H groups in total. The normalized spacial score (nSPS) is 24.9. The fourth-order valence-electron chi connectivity index (χ4n) is 3.57. The summed E-state index contributed by atoms with van der Waals surface area (Å²) in [6.45, 7) is 4.72. The number of morpholine rings is 1. The van der Waals surface area contributed by atoms with Crippen LogP contribution in [0.2, 0.25) is 0 Å². The van der Waals surface area contributed by atoms with Crippen molar-refractivity contribution >= 4 is 27.2 Å². The lowest BCUT2D eigenvalue weighted by Gasteiger charge is -2.37. The molecule has 4 heterocycles. The quantitative estimate of drug-likeness (QED) is 0.799. The van der Waals surface area contributed by atoms with Crippen LogP contribution in [-0.4, -0.2) is 50.0 Å². The Hall–Kier alpha value is -1.48. The Morgan fingerprint density at radius 3 is 2.65 bits per heavy atom. The van der Waals surface area contributed by atoms with Crippen molar-refractivity contribution in [3.63, 3.8) is 0 Å². The Balaban J connectivity index is 1.52. The van der Waals surface area contributed by atoms with Gasteiger partial charge in [0.15, 0.2) is 0 Å². The van der Waals surface area contributed by atoms with Gasteiger partial charge in [-0.2, -0.15) is 15.6 Å². The van der Waals surface area contributed by atoms with E-state index in [9.17, 15) is 8.42 Å². The van der Waals surface area contributed by atoms with E-state index in [2.05, 4.69) is 33.6 Å². The smallest absolute Gasteiger partial charge is 0.244 e. The van der Waals surface area contributed by atoms with Crippen LogP contribution >= 0.6 is 11.3 Å². The molecule has 0 aliphatic carbocycles. The fraction of sp³-hybridized carbons (Fsp3) is 0.500. The maximum atomic E-state index is 12.6. The number of hydrogen-bond donors (Lipinski definition) is 0. The van der Waals surface area contributed by atoms with Gasteiger partial charge < -0.3 is 9.64 Å². The highest BCUT2D eigenvalue weighted by atomic mass is 32.2. The van der Waals surface area contributed by atoms with Gasteiger partial charge in [0.2, 0.25) is 10.0 Å². The predicted molar refractivity (Wildman–Crippen MR) is 102 cm³/mol. The molecule has 2 aromatic rings. The molecule has 4 rings (SSSR count). The van der Waals surface area contributed by atoms with Crippen LogP contribution in [0.3, 0.4) is 0 Å². The molecule has 2 aromatic heterocycles. The largest absolute Gasteiger partial charge is 0.367 e.